The number of carbonyl (C=O) groups is 2. The minimum Gasteiger partial charge on any atom is -0.497 e. The second-order valence-electron chi connectivity index (χ2n) is 10.1. The summed E-state index contributed by atoms with van der Waals surface area (Å²) in [4.78, 5) is 27.6. The molecule has 4 atom stereocenters. The van der Waals surface area contributed by atoms with Crippen molar-refractivity contribution in [2.24, 2.45) is 5.92 Å². The fourth-order valence-electron chi connectivity index (χ4n) is 6.11. The molecule has 4 unspecified atom stereocenters. The Bertz CT molecular complexity index is 1160. The van der Waals surface area contributed by atoms with Gasteiger partial charge in [-0.3, -0.25) is 14.5 Å². The van der Waals surface area contributed by atoms with Gasteiger partial charge in [0.05, 0.1) is 23.6 Å². The quantitative estimate of drug-likeness (QED) is 0.365. The van der Waals surface area contributed by atoms with E-state index in [0.29, 0.717) is 16.5 Å². The van der Waals surface area contributed by atoms with Crippen LogP contribution < -0.4 is 10.1 Å². The first-order valence-corrected chi connectivity index (χ1v) is 13.4. The number of methoxy groups -OCH3 is 1. The zero-order chi connectivity index (χ0) is 26.6. The van der Waals surface area contributed by atoms with Gasteiger partial charge in [0, 0.05) is 43.8 Å². The van der Waals surface area contributed by atoms with Gasteiger partial charge in [0.2, 0.25) is 5.91 Å². The van der Waals surface area contributed by atoms with Gasteiger partial charge in [0.1, 0.15) is 11.9 Å². The molecule has 2 aliphatic rings. The highest BCUT2D eigenvalue weighted by Gasteiger charge is 2.53. The highest BCUT2D eigenvalue weighted by Crippen LogP contribution is 2.50. The number of esters is 1. The smallest absolute Gasteiger partial charge is 0.302 e. The van der Waals surface area contributed by atoms with E-state index in [0.717, 1.165) is 49.4 Å². The second kappa shape index (κ2) is 11.9. The molecule has 0 bridgehead atoms. The van der Waals surface area contributed by atoms with E-state index in [1.807, 2.05) is 18.2 Å². The number of amides is 1. The summed E-state index contributed by atoms with van der Waals surface area (Å²) >= 11 is 12.2. The van der Waals surface area contributed by atoms with Crippen LogP contribution in [0.15, 0.2) is 55.1 Å². The summed E-state index contributed by atoms with van der Waals surface area (Å²) in [5, 5.41) is 4.11. The molecule has 1 aliphatic heterocycles. The number of fused-ring (bicyclic) bond motifs is 1. The number of nitrogens with one attached hydrogen (secondary N) is 1. The average molecular weight is 546 g/mol. The number of hydrogen-bond acceptors (Lipinski definition) is 5. The minimum absolute atomic E-state index is 0.0698. The van der Waals surface area contributed by atoms with Crippen molar-refractivity contribution in [1.82, 2.24) is 10.2 Å². The lowest BCUT2D eigenvalue weighted by Gasteiger charge is -2.55. The van der Waals surface area contributed by atoms with E-state index < -0.39 is 0 Å². The molecule has 1 aliphatic carbocycles. The molecule has 2 aromatic rings. The molecule has 37 heavy (non-hydrogen) atoms. The monoisotopic (exact) mass is 544 g/mol. The molecule has 2 aromatic carbocycles. The summed E-state index contributed by atoms with van der Waals surface area (Å²) in [5.41, 5.74) is 1.65. The van der Waals surface area contributed by atoms with Gasteiger partial charge in [-0.2, -0.15) is 0 Å². The fourth-order valence-corrected chi connectivity index (χ4v) is 6.43. The first-order chi connectivity index (χ1) is 17.7. The summed E-state index contributed by atoms with van der Waals surface area (Å²) < 4.78 is 11.5. The van der Waals surface area contributed by atoms with Crippen molar-refractivity contribution in [3.8, 4) is 5.75 Å². The third-order valence-electron chi connectivity index (χ3n) is 7.68. The first-order valence-electron chi connectivity index (χ1n) is 12.6. The van der Waals surface area contributed by atoms with Gasteiger partial charge in [-0.05, 0) is 54.8 Å². The van der Waals surface area contributed by atoms with Crippen molar-refractivity contribution in [3.63, 3.8) is 0 Å². The van der Waals surface area contributed by atoms with Crippen molar-refractivity contribution in [2.75, 3.05) is 26.7 Å². The summed E-state index contributed by atoms with van der Waals surface area (Å²) in [5.74, 6) is 0.441. The van der Waals surface area contributed by atoms with E-state index in [1.165, 1.54) is 6.92 Å². The first kappa shape index (κ1) is 27.5. The van der Waals surface area contributed by atoms with Gasteiger partial charge >= 0.3 is 5.97 Å². The number of ether oxygens (including phenoxy) is 2. The van der Waals surface area contributed by atoms with Crippen molar-refractivity contribution in [1.29, 1.82) is 0 Å². The molecule has 6 nitrogen and oxygen atoms in total. The van der Waals surface area contributed by atoms with Crippen LogP contribution in [0.3, 0.4) is 0 Å². The van der Waals surface area contributed by atoms with E-state index in [9.17, 15) is 9.59 Å². The lowest BCUT2D eigenvalue weighted by atomic mass is 9.57. The van der Waals surface area contributed by atoms with Gasteiger partial charge in [-0.1, -0.05) is 47.5 Å². The van der Waals surface area contributed by atoms with E-state index in [1.54, 1.807) is 25.3 Å². The highest BCUT2D eigenvalue weighted by molar-refractivity contribution is 6.42. The molecule has 0 spiro atoms. The van der Waals surface area contributed by atoms with Gasteiger partial charge < -0.3 is 14.8 Å². The van der Waals surface area contributed by atoms with Crippen molar-refractivity contribution >= 4 is 35.1 Å². The van der Waals surface area contributed by atoms with Crippen molar-refractivity contribution < 1.29 is 19.1 Å². The topological polar surface area (TPSA) is 67.9 Å². The standard InChI is InChI=1S/C29H34Cl2N2O4/c1-4-11-33-12-10-29(21-6-5-7-23(15-21)36-3)17-22(16-27(24(29)18-33)37-19(2)34)32-28(35)14-20-8-9-25(30)26(31)13-20/h4-9,13,15,22,24,27H,1,10-12,14,16-18H2,2-3H3,(H,32,35). The molecule has 8 heteroatoms. The van der Waals surface area contributed by atoms with Gasteiger partial charge in [-0.25, -0.2) is 0 Å². The van der Waals surface area contributed by atoms with Crippen LogP contribution in [-0.2, 0) is 26.2 Å². The lowest BCUT2D eigenvalue weighted by Crippen LogP contribution is -2.61. The number of rotatable bonds is 8. The maximum absolute atomic E-state index is 13.1. The molecule has 2 fully saturated rings. The maximum Gasteiger partial charge on any atom is 0.302 e. The minimum atomic E-state index is -0.333. The summed E-state index contributed by atoms with van der Waals surface area (Å²) in [6.07, 6.45) is 3.95. The van der Waals surface area contributed by atoms with Crippen LogP contribution in [0, 0.1) is 5.92 Å². The molecular formula is C29H34Cl2N2O4. The number of likely N-dealkylation sites (tertiary alicyclic amines) is 1. The molecule has 1 amide bonds. The highest BCUT2D eigenvalue weighted by atomic mass is 35.5. The van der Waals surface area contributed by atoms with E-state index in [4.69, 9.17) is 32.7 Å². The van der Waals surface area contributed by atoms with Crippen LogP contribution in [0.1, 0.15) is 37.3 Å². The van der Waals surface area contributed by atoms with Gasteiger partial charge in [0.15, 0.2) is 0 Å². The Morgan fingerprint density at radius 3 is 2.73 bits per heavy atom. The Hall–Kier alpha value is -2.54. The predicted octanol–water partition coefficient (Wildman–Crippen LogP) is 5.20. The second-order valence-corrected chi connectivity index (χ2v) is 10.9. The lowest BCUT2D eigenvalue weighted by molar-refractivity contribution is -0.157. The Labute approximate surface area is 228 Å². The molecule has 0 aromatic heterocycles. The Balaban J connectivity index is 1.64. The average Bonchev–Trinajstić information content (AvgIpc) is 2.86. The largest absolute Gasteiger partial charge is 0.497 e. The van der Waals surface area contributed by atoms with Gasteiger partial charge in [0.25, 0.3) is 0 Å². The van der Waals surface area contributed by atoms with E-state index in [2.05, 4.69) is 28.9 Å². The van der Waals surface area contributed by atoms with Crippen LogP contribution in [0.25, 0.3) is 0 Å². The molecule has 1 saturated carbocycles. The van der Waals surface area contributed by atoms with Crippen LogP contribution in [0.2, 0.25) is 10.0 Å². The third kappa shape index (κ3) is 6.31. The SMILES string of the molecule is C=CCN1CCC2(c3cccc(OC)c3)CC(NC(=O)Cc3ccc(Cl)c(Cl)c3)CC(OC(C)=O)C2C1. The summed E-state index contributed by atoms with van der Waals surface area (Å²) in [6, 6.07) is 13.2. The van der Waals surface area contributed by atoms with E-state index >= 15 is 0 Å². The molecule has 1 saturated heterocycles. The van der Waals surface area contributed by atoms with Crippen LogP contribution in [0.4, 0.5) is 0 Å². The Morgan fingerprint density at radius 1 is 1.22 bits per heavy atom. The zero-order valence-corrected chi connectivity index (χ0v) is 22.9. The third-order valence-corrected chi connectivity index (χ3v) is 8.42. The number of benzene rings is 2. The maximum atomic E-state index is 13.1. The Morgan fingerprint density at radius 2 is 2.03 bits per heavy atom. The molecule has 1 N–H and O–H groups in total. The molecular weight excluding hydrogens is 511 g/mol. The molecule has 4 rings (SSSR count). The van der Waals surface area contributed by atoms with Crippen LogP contribution in [-0.4, -0.2) is 55.7 Å². The molecule has 1 heterocycles. The van der Waals surface area contributed by atoms with Crippen LogP contribution in [0.5, 0.6) is 5.75 Å². The van der Waals surface area contributed by atoms with Crippen molar-refractivity contribution in [2.45, 2.75) is 50.2 Å². The Kier molecular flexibility index (Phi) is 8.83. The zero-order valence-electron chi connectivity index (χ0n) is 21.3. The number of piperidine rings is 1. The molecule has 0 radical (unpaired) electrons. The number of hydrogen-bond donors (Lipinski definition) is 1. The van der Waals surface area contributed by atoms with Crippen LogP contribution >= 0.6 is 23.2 Å². The summed E-state index contributed by atoms with van der Waals surface area (Å²) in [7, 11) is 1.66. The molecule has 198 valence electrons. The summed E-state index contributed by atoms with van der Waals surface area (Å²) in [6.45, 7) is 7.80. The predicted molar refractivity (Wildman–Crippen MR) is 146 cm³/mol. The normalized spacial score (nSPS) is 25.6. The number of carbonyl (C=O) groups excluding carboxylic acids is 2. The van der Waals surface area contributed by atoms with E-state index in [-0.39, 0.29) is 41.8 Å². The number of halogens is 2. The number of nitrogens with zero attached hydrogens (tertiary/aromatic N) is 1. The van der Waals surface area contributed by atoms with Gasteiger partial charge in [-0.15, -0.1) is 6.58 Å². The fraction of sp³-hybridized carbons (Fsp3) is 0.448. The van der Waals surface area contributed by atoms with Crippen molar-refractivity contribution in [3.05, 3.63) is 76.3 Å².